The van der Waals surface area contributed by atoms with Crippen molar-refractivity contribution in [3.05, 3.63) is 21.4 Å². The molecule has 0 saturated heterocycles. The van der Waals surface area contributed by atoms with Crippen molar-refractivity contribution in [2.24, 2.45) is 0 Å². The molecule has 0 spiro atoms. The van der Waals surface area contributed by atoms with Crippen LogP contribution in [0, 0.1) is 5.82 Å². The molecule has 0 aliphatic heterocycles. The Labute approximate surface area is 97.6 Å². The number of ether oxygens (including phenoxy) is 1. The standard InChI is InChI=1S/C9H7BrFNO2S/c1-14-5-2-6-8(12-9(10)15-6)4(3-13)7(5)11/h2,13H,3H2,1H3. The molecule has 1 aromatic carbocycles. The van der Waals surface area contributed by atoms with Gasteiger partial charge in [-0.3, -0.25) is 0 Å². The average molecular weight is 292 g/mol. The van der Waals surface area contributed by atoms with Gasteiger partial charge in [0.15, 0.2) is 15.5 Å². The zero-order valence-corrected chi connectivity index (χ0v) is 10.2. The maximum atomic E-state index is 13.7. The summed E-state index contributed by atoms with van der Waals surface area (Å²) in [5.74, 6) is -0.423. The minimum atomic E-state index is -0.551. The zero-order chi connectivity index (χ0) is 11.0. The summed E-state index contributed by atoms with van der Waals surface area (Å²) in [5, 5.41) is 9.10. The van der Waals surface area contributed by atoms with Gasteiger partial charge < -0.3 is 9.84 Å². The van der Waals surface area contributed by atoms with E-state index in [2.05, 4.69) is 20.9 Å². The largest absolute Gasteiger partial charge is 0.494 e. The Morgan fingerprint density at radius 3 is 3.00 bits per heavy atom. The third-order valence-electron chi connectivity index (χ3n) is 2.03. The lowest BCUT2D eigenvalue weighted by molar-refractivity contribution is 0.274. The number of fused-ring (bicyclic) bond motifs is 1. The van der Waals surface area contributed by atoms with Crippen LogP contribution in [0.1, 0.15) is 5.56 Å². The van der Waals surface area contributed by atoms with Gasteiger partial charge in [0.2, 0.25) is 0 Å². The molecular weight excluding hydrogens is 285 g/mol. The number of rotatable bonds is 2. The monoisotopic (exact) mass is 291 g/mol. The van der Waals surface area contributed by atoms with Crippen molar-refractivity contribution in [3.8, 4) is 5.75 Å². The first-order valence-electron chi connectivity index (χ1n) is 4.09. The number of methoxy groups -OCH3 is 1. The van der Waals surface area contributed by atoms with E-state index in [9.17, 15) is 4.39 Å². The summed E-state index contributed by atoms with van der Waals surface area (Å²) < 4.78 is 20.0. The predicted octanol–water partition coefficient (Wildman–Crippen LogP) is 2.70. The number of aliphatic hydroxyl groups is 1. The fourth-order valence-corrected chi connectivity index (χ4v) is 2.80. The molecule has 0 saturated carbocycles. The van der Waals surface area contributed by atoms with Gasteiger partial charge >= 0.3 is 0 Å². The first-order valence-corrected chi connectivity index (χ1v) is 5.70. The lowest BCUT2D eigenvalue weighted by Crippen LogP contribution is -1.96. The van der Waals surface area contributed by atoms with E-state index in [1.165, 1.54) is 18.4 Å². The maximum Gasteiger partial charge on any atom is 0.172 e. The normalized spacial score (nSPS) is 10.9. The van der Waals surface area contributed by atoms with Crippen LogP contribution in [0.2, 0.25) is 0 Å². The van der Waals surface area contributed by atoms with Gasteiger partial charge in [-0.25, -0.2) is 9.37 Å². The quantitative estimate of drug-likeness (QED) is 0.925. The van der Waals surface area contributed by atoms with Gasteiger partial charge in [0.1, 0.15) is 0 Å². The van der Waals surface area contributed by atoms with Crippen molar-refractivity contribution in [3.63, 3.8) is 0 Å². The minimum Gasteiger partial charge on any atom is -0.494 e. The molecule has 6 heteroatoms. The van der Waals surface area contributed by atoms with E-state index >= 15 is 0 Å². The molecule has 80 valence electrons. The van der Waals surface area contributed by atoms with Crippen LogP contribution in [-0.4, -0.2) is 17.2 Å². The molecular formula is C9H7BrFNO2S. The number of halogens is 2. The number of hydrogen-bond acceptors (Lipinski definition) is 4. The fourth-order valence-electron chi connectivity index (χ4n) is 1.35. The lowest BCUT2D eigenvalue weighted by atomic mass is 10.2. The molecule has 1 aromatic heterocycles. The highest BCUT2D eigenvalue weighted by atomic mass is 79.9. The van der Waals surface area contributed by atoms with Gasteiger partial charge in [-0.15, -0.1) is 11.3 Å². The van der Waals surface area contributed by atoms with Crippen LogP contribution in [0.5, 0.6) is 5.75 Å². The Bertz CT molecular complexity index is 514. The minimum absolute atomic E-state index is 0.128. The second kappa shape index (κ2) is 4.03. The number of nitrogens with zero attached hydrogens (tertiary/aromatic N) is 1. The molecule has 0 aliphatic carbocycles. The number of aliphatic hydroxyl groups excluding tert-OH is 1. The zero-order valence-electron chi connectivity index (χ0n) is 7.75. The lowest BCUT2D eigenvalue weighted by Gasteiger charge is -2.05. The van der Waals surface area contributed by atoms with Crippen molar-refractivity contribution in [1.82, 2.24) is 4.98 Å². The van der Waals surface area contributed by atoms with Crippen LogP contribution >= 0.6 is 27.3 Å². The van der Waals surface area contributed by atoms with Gasteiger partial charge in [0, 0.05) is 11.6 Å². The van der Waals surface area contributed by atoms with Crippen molar-refractivity contribution in [2.45, 2.75) is 6.61 Å². The second-order valence-corrected chi connectivity index (χ2v) is 5.15. The molecule has 0 fully saturated rings. The molecule has 2 aromatic rings. The summed E-state index contributed by atoms with van der Waals surface area (Å²) >= 11 is 4.59. The van der Waals surface area contributed by atoms with Crippen LogP contribution < -0.4 is 4.74 Å². The Morgan fingerprint density at radius 1 is 1.67 bits per heavy atom. The van der Waals surface area contributed by atoms with Crippen LogP contribution in [0.3, 0.4) is 0 Å². The molecule has 1 N–H and O–H groups in total. The van der Waals surface area contributed by atoms with E-state index in [1.54, 1.807) is 6.07 Å². The van der Waals surface area contributed by atoms with Gasteiger partial charge in [-0.2, -0.15) is 0 Å². The summed E-state index contributed by atoms with van der Waals surface area (Å²) in [6, 6.07) is 1.58. The first-order chi connectivity index (χ1) is 7.17. The van der Waals surface area contributed by atoms with E-state index in [0.29, 0.717) is 9.43 Å². The Morgan fingerprint density at radius 2 is 2.40 bits per heavy atom. The molecule has 2 rings (SSSR count). The summed E-state index contributed by atoms with van der Waals surface area (Å²) in [7, 11) is 1.39. The first kappa shape index (κ1) is 10.8. The second-order valence-electron chi connectivity index (χ2n) is 2.84. The molecule has 0 unspecified atom stereocenters. The molecule has 0 radical (unpaired) electrons. The topological polar surface area (TPSA) is 42.4 Å². The van der Waals surface area contributed by atoms with Crippen LogP contribution in [0.15, 0.2) is 9.98 Å². The SMILES string of the molecule is COc1cc2sc(Br)nc2c(CO)c1F. The van der Waals surface area contributed by atoms with E-state index in [1.807, 2.05) is 0 Å². The van der Waals surface area contributed by atoms with Crippen molar-refractivity contribution in [2.75, 3.05) is 7.11 Å². The third-order valence-corrected chi connectivity index (χ3v) is 3.49. The highest BCUT2D eigenvalue weighted by Crippen LogP contribution is 2.34. The van der Waals surface area contributed by atoms with Crippen molar-refractivity contribution < 1.29 is 14.2 Å². The fraction of sp³-hybridized carbons (Fsp3) is 0.222. The summed E-state index contributed by atoms with van der Waals surface area (Å²) in [4.78, 5) is 4.10. The number of aromatic nitrogens is 1. The highest BCUT2D eigenvalue weighted by molar-refractivity contribution is 9.11. The molecule has 0 amide bonds. The summed E-state index contributed by atoms with van der Waals surface area (Å²) in [6.45, 7) is -0.393. The van der Waals surface area contributed by atoms with Crippen LogP contribution in [0.25, 0.3) is 10.2 Å². The molecule has 15 heavy (non-hydrogen) atoms. The number of thiazole rings is 1. The average Bonchev–Trinajstić information content (AvgIpc) is 2.57. The van der Waals surface area contributed by atoms with Gasteiger partial charge in [-0.05, 0) is 15.9 Å². The molecule has 1 heterocycles. The number of hydrogen-bond donors (Lipinski definition) is 1. The van der Waals surface area contributed by atoms with E-state index in [-0.39, 0.29) is 11.3 Å². The summed E-state index contributed by atoms with van der Waals surface area (Å²) in [6.07, 6.45) is 0. The van der Waals surface area contributed by atoms with Gasteiger partial charge in [0.25, 0.3) is 0 Å². The Hall–Kier alpha value is -0.720. The van der Waals surface area contributed by atoms with E-state index < -0.39 is 12.4 Å². The highest BCUT2D eigenvalue weighted by Gasteiger charge is 2.16. The summed E-state index contributed by atoms with van der Waals surface area (Å²) in [5.41, 5.74) is 0.652. The third kappa shape index (κ3) is 1.73. The van der Waals surface area contributed by atoms with E-state index in [0.717, 1.165) is 4.70 Å². The number of benzene rings is 1. The Balaban J connectivity index is 2.82. The van der Waals surface area contributed by atoms with Crippen molar-refractivity contribution in [1.29, 1.82) is 0 Å². The molecule has 0 bridgehead atoms. The molecule has 0 atom stereocenters. The Kier molecular flexibility index (Phi) is 2.90. The van der Waals surface area contributed by atoms with Gasteiger partial charge in [0.05, 0.1) is 23.9 Å². The van der Waals surface area contributed by atoms with Crippen LogP contribution in [-0.2, 0) is 6.61 Å². The maximum absolute atomic E-state index is 13.7. The predicted molar refractivity (Wildman–Crippen MR) is 59.8 cm³/mol. The van der Waals surface area contributed by atoms with E-state index in [4.69, 9.17) is 9.84 Å². The molecule has 0 aliphatic rings. The molecule has 3 nitrogen and oxygen atoms in total. The van der Waals surface area contributed by atoms with Gasteiger partial charge in [-0.1, -0.05) is 0 Å². The van der Waals surface area contributed by atoms with Crippen LogP contribution in [0.4, 0.5) is 4.39 Å². The smallest absolute Gasteiger partial charge is 0.172 e. The van der Waals surface area contributed by atoms with Crippen molar-refractivity contribution >= 4 is 37.5 Å².